The van der Waals surface area contributed by atoms with Crippen molar-refractivity contribution in [3.8, 4) is 0 Å². The number of aromatic nitrogens is 2. The first-order valence-corrected chi connectivity index (χ1v) is 6.46. The van der Waals surface area contributed by atoms with Crippen molar-refractivity contribution < 1.29 is 0 Å². The number of para-hydroxylation sites is 1. The summed E-state index contributed by atoms with van der Waals surface area (Å²) in [7, 11) is 0. The third kappa shape index (κ3) is 2.76. The Morgan fingerprint density at radius 1 is 1.28 bits per heavy atom. The first-order valence-electron chi connectivity index (χ1n) is 6.46. The summed E-state index contributed by atoms with van der Waals surface area (Å²) in [6, 6.07) is 7.88. The van der Waals surface area contributed by atoms with Gasteiger partial charge in [-0.3, -0.25) is 4.79 Å². The molecule has 0 bridgehead atoms. The van der Waals surface area contributed by atoms with E-state index in [2.05, 4.69) is 29.1 Å². The van der Waals surface area contributed by atoms with Crippen molar-refractivity contribution in [3.63, 3.8) is 0 Å². The van der Waals surface area contributed by atoms with Gasteiger partial charge in [0.2, 0.25) is 0 Å². The number of nitrogens with zero attached hydrogens (tertiary/aromatic N) is 1. The molecular weight excluding hydrogens is 226 g/mol. The van der Waals surface area contributed by atoms with Gasteiger partial charge in [0.05, 0.1) is 17.4 Å². The van der Waals surface area contributed by atoms with Crippen LogP contribution in [0.2, 0.25) is 0 Å². The zero-order valence-corrected chi connectivity index (χ0v) is 10.9. The molecule has 0 saturated carbocycles. The quantitative estimate of drug-likeness (QED) is 0.849. The highest BCUT2D eigenvalue weighted by molar-refractivity contribution is 5.77. The minimum absolute atomic E-state index is 0.0676. The highest BCUT2D eigenvalue weighted by Gasteiger charge is 2.05. The molecule has 0 radical (unpaired) electrons. The van der Waals surface area contributed by atoms with Gasteiger partial charge in [-0.05, 0) is 25.0 Å². The molecule has 0 aliphatic heterocycles. The summed E-state index contributed by atoms with van der Waals surface area (Å²) >= 11 is 0. The summed E-state index contributed by atoms with van der Waals surface area (Å²) < 4.78 is 0. The molecule has 0 unspecified atom stereocenters. The molecule has 0 atom stereocenters. The number of aromatic amines is 1. The van der Waals surface area contributed by atoms with E-state index in [0.29, 0.717) is 23.8 Å². The minimum Gasteiger partial charge on any atom is -0.309 e. The second-order valence-corrected chi connectivity index (χ2v) is 4.42. The second kappa shape index (κ2) is 5.78. The fourth-order valence-corrected chi connectivity index (χ4v) is 2.04. The van der Waals surface area contributed by atoms with Gasteiger partial charge in [0.1, 0.15) is 5.82 Å². The predicted octanol–water partition coefficient (Wildman–Crippen LogP) is 2.20. The molecule has 18 heavy (non-hydrogen) atoms. The van der Waals surface area contributed by atoms with Crippen LogP contribution in [0.15, 0.2) is 29.1 Å². The number of nitrogens with one attached hydrogen (secondary N) is 2. The van der Waals surface area contributed by atoms with Crippen molar-refractivity contribution in [2.45, 2.75) is 39.3 Å². The Labute approximate surface area is 106 Å². The van der Waals surface area contributed by atoms with Gasteiger partial charge in [0, 0.05) is 6.04 Å². The molecule has 2 rings (SSSR count). The van der Waals surface area contributed by atoms with Crippen molar-refractivity contribution in [3.05, 3.63) is 40.4 Å². The first-order chi connectivity index (χ1) is 8.74. The topological polar surface area (TPSA) is 57.8 Å². The SMILES string of the molecule is CCC(CC)NCc1nc2ccccc2c(=O)[nH]1. The zero-order valence-electron chi connectivity index (χ0n) is 10.9. The van der Waals surface area contributed by atoms with E-state index in [0.717, 1.165) is 18.4 Å². The van der Waals surface area contributed by atoms with Gasteiger partial charge in [0.25, 0.3) is 5.56 Å². The van der Waals surface area contributed by atoms with Gasteiger partial charge in [-0.25, -0.2) is 4.98 Å². The predicted molar refractivity (Wildman–Crippen MR) is 73.6 cm³/mol. The maximum atomic E-state index is 11.9. The van der Waals surface area contributed by atoms with Gasteiger partial charge in [-0.2, -0.15) is 0 Å². The van der Waals surface area contributed by atoms with Crippen LogP contribution in [-0.4, -0.2) is 16.0 Å². The number of H-pyrrole nitrogens is 1. The normalized spacial score (nSPS) is 11.3. The molecule has 0 saturated heterocycles. The Morgan fingerprint density at radius 2 is 2.00 bits per heavy atom. The van der Waals surface area contributed by atoms with Crippen LogP contribution in [-0.2, 0) is 6.54 Å². The van der Waals surface area contributed by atoms with E-state index in [1.807, 2.05) is 18.2 Å². The van der Waals surface area contributed by atoms with Crippen LogP contribution in [0.25, 0.3) is 10.9 Å². The van der Waals surface area contributed by atoms with E-state index < -0.39 is 0 Å². The van der Waals surface area contributed by atoms with E-state index in [-0.39, 0.29) is 5.56 Å². The molecule has 2 N–H and O–H groups in total. The molecule has 0 aliphatic carbocycles. The summed E-state index contributed by atoms with van der Waals surface area (Å²) in [5.41, 5.74) is 0.685. The Balaban J connectivity index is 2.22. The third-order valence-electron chi connectivity index (χ3n) is 3.21. The van der Waals surface area contributed by atoms with Gasteiger partial charge in [-0.15, -0.1) is 0 Å². The van der Waals surface area contributed by atoms with Crippen LogP contribution in [0.5, 0.6) is 0 Å². The van der Waals surface area contributed by atoms with E-state index in [1.54, 1.807) is 6.07 Å². The molecule has 0 amide bonds. The molecule has 4 heteroatoms. The van der Waals surface area contributed by atoms with E-state index in [1.165, 1.54) is 0 Å². The maximum Gasteiger partial charge on any atom is 0.258 e. The summed E-state index contributed by atoms with van der Waals surface area (Å²) in [5.74, 6) is 0.700. The highest BCUT2D eigenvalue weighted by atomic mass is 16.1. The van der Waals surface area contributed by atoms with Crippen LogP contribution in [0.1, 0.15) is 32.5 Å². The Bertz CT molecular complexity index is 573. The Kier molecular flexibility index (Phi) is 4.10. The molecule has 0 fully saturated rings. The number of rotatable bonds is 5. The van der Waals surface area contributed by atoms with Crippen molar-refractivity contribution in [2.24, 2.45) is 0 Å². The van der Waals surface area contributed by atoms with Crippen LogP contribution < -0.4 is 10.9 Å². The fraction of sp³-hybridized carbons (Fsp3) is 0.429. The fourth-order valence-electron chi connectivity index (χ4n) is 2.04. The molecule has 1 aromatic carbocycles. The first kappa shape index (κ1) is 12.8. The molecule has 4 nitrogen and oxygen atoms in total. The van der Waals surface area contributed by atoms with Crippen LogP contribution >= 0.6 is 0 Å². The molecule has 0 spiro atoms. The Morgan fingerprint density at radius 3 is 2.72 bits per heavy atom. The summed E-state index contributed by atoms with van der Waals surface area (Å²) in [6.45, 7) is 4.90. The lowest BCUT2D eigenvalue weighted by atomic mass is 10.2. The van der Waals surface area contributed by atoms with Gasteiger partial charge < -0.3 is 10.3 Å². The Hall–Kier alpha value is -1.68. The summed E-state index contributed by atoms with van der Waals surface area (Å²) in [6.07, 6.45) is 2.16. The average molecular weight is 245 g/mol. The smallest absolute Gasteiger partial charge is 0.258 e. The highest BCUT2D eigenvalue weighted by Crippen LogP contribution is 2.06. The minimum atomic E-state index is -0.0676. The lowest BCUT2D eigenvalue weighted by Gasteiger charge is -2.14. The number of benzene rings is 1. The van der Waals surface area contributed by atoms with Crippen LogP contribution in [0.3, 0.4) is 0 Å². The molecule has 0 aliphatic rings. The lowest BCUT2D eigenvalue weighted by Crippen LogP contribution is -2.29. The molecule has 1 heterocycles. The number of hydrogen-bond acceptors (Lipinski definition) is 3. The summed E-state index contributed by atoms with van der Waals surface area (Å²) in [5, 5.41) is 4.04. The van der Waals surface area contributed by atoms with Gasteiger partial charge in [-0.1, -0.05) is 26.0 Å². The van der Waals surface area contributed by atoms with Crippen LogP contribution in [0.4, 0.5) is 0 Å². The third-order valence-corrected chi connectivity index (χ3v) is 3.21. The second-order valence-electron chi connectivity index (χ2n) is 4.42. The van der Waals surface area contributed by atoms with E-state index in [4.69, 9.17) is 0 Å². The average Bonchev–Trinajstić information content (AvgIpc) is 2.40. The summed E-state index contributed by atoms with van der Waals surface area (Å²) in [4.78, 5) is 19.1. The van der Waals surface area contributed by atoms with Gasteiger partial charge in [0.15, 0.2) is 0 Å². The molecular formula is C14H19N3O. The zero-order chi connectivity index (χ0) is 13.0. The maximum absolute atomic E-state index is 11.9. The van der Waals surface area contributed by atoms with Crippen molar-refractivity contribution in [1.82, 2.24) is 15.3 Å². The van der Waals surface area contributed by atoms with E-state index in [9.17, 15) is 4.79 Å². The van der Waals surface area contributed by atoms with Crippen molar-refractivity contribution in [2.75, 3.05) is 0 Å². The number of hydrogen-bond donors (Lipinski definition) is 2. The monoisotopic (exact) mass is 245 g/mol. The molecule has 96 valence electrons. The van der Waals surface area contributed by atoms with Crippen molar-refractivity contribution in [1.29, 1.82) is 0 Å². The molecule has 2 aromatic rings. The largest absolute Gasteiger partial charge is 0.309 e. The van der Waals surface area contributed by atoms with Gasteiger partial charge >= 0.3 is 0 Å². The molecule has 1 aromatic heterocycles. The van der Waals surface area contributed by atoms with Crippen molar-refractivity contribution >= 4 is 10.9 Å². The standard InChI is InChI=1S/C14H19N3O/c1-3-10(4-2)15-9-13-16-12-8-6-5-7-11(12)14(18)17-13/h5-8,10,15H,3-4,9H2,1-2H3,(H,16,17,18). The van der Waals surface area contributed by atoms with E-state index >= 15 is 0 Å². The lowest BCUT2D eigenvalue weighted by molar-refractivity contribution is 0.476. The van der Waals surface area contributed by atoms with Crippen LogP contribution in [0, 0.1) is 0 Å². The number of fused-ring (bicyclic) bond motifs is 1.